The fourth-order valence-electron chi connectivity index (χ4n) is 3.18. The maximum Gasteiger partial charge on any atom is 0.347 e. The van der Waals surface area contributed by atoms with Crippen molar-refractivity contribution in [3.8, 4) is 0 Å². The van der Waals surface area contributed by atoms with Crippen LogP contribution in [0, 0.1) is 0 Å². The molecule has 0 spiro atoms. The second kappa shape index (κ2) is 10.0. The zero-order valence-electron chi connectivity index (χ0n) is 17.6. The summed E-state index contributed by atoms with van der Waals surface area (Å²) in [7, 11) is 2.12. The molecule has 3 rings (SSSR count). The van der Waals surface area contributed by atoms with Gasteiger partial charge in [0.1, 0.15) is 12.1 Å². The molecular weight excluding hydrogens is 386 g/mol. The Morgan fingerprint density at radius 1 is 1.07 bits per heavy atom. The molecule has 9 heteroatoms. The van der Waals surface area contributed by atoms with Gasteiger partial charge in [0.15, 0.2) is 5.57 Å². The molecule has 0 radical (unpaired) electrons. The van der Waals surface area contributed by atoms with Crippen LogP contribution in [0.15, 0.2) is 36.3 Å². The van der Waals surface area contributed by atoms with E-state index in [0.29, 0.717) is 5.82 Å². The molecule has 9 nitrogen and oxygen atoms in total. The molecule has 0 aliphatic carbocycles. The van der Waals surface area contributed by atoms with Crippen LogP contribution in [0.1, 0.15) is 13.8 Å². The monoisotopic (exact) mass is 413 g/mol. The Balaban J connectivity index is 1.90. The summed E-state index contributed by atoms with van der Waals surface area (Å²) < 4.78 is 9.93. The van der Waals surface area contributed by atoms with E-state index in [1.165, 1.54) is 12.5 Å². The summed E-state index contributed by atoms with van der Waals surface area (Å²) in [5.41, 5.74) is 1.61. The van der Waals surface area contributed by atoms with Crippen LogP contribution in [-0.2, 0) is 19.1 Å². The van der Waals surface area contributed by atoms with Gasteiger partial charge in [0.25, 0.3) is 0 Å². The van der Waals surface area contributed by atoms with E-state index in [1.54, 1.807) is 13.8 Å². The summed E-state index contributed by atoms with van der Waals surface area (Å²) >= 11 is 0. The number of benzene rings is 1. The van der Waals surface area contributed by atoms with Crippen molar-refractivity contribution >= 4 is 34.3 Å². The van der Waals surface area contributed by atoms with Crippen molar-refractivity contribution < 1.29 is 19.1 Å². The number of anilines is 2. The SMILES string of the molecule is CCOC(=O)C(=CNc1ncnc2ccc(N3CCN(C)CC3)cc12)C(=O)OCC. The van der Waals surface area contributed by atoms with Crippen molar-refractivity contribution in [1.82, 2.24) is 14.9 Å². The minimum atomic E-state index is -0.750. The molecule has 0 unspecified atom stereocenters. The molecule has 1 fully saturated rings. The molecule has 30 heavy (non-hydrogen) atoms. The lowest BCUT2D eigenvalue weighted by Gasteiger charge is -2.34. The number of likely N-dealkylation sites (N-methyl/N-ethyl adjacent to an activating group) is 1. The topological polar surface area (TPSA) is 96.9 Å². The molecule has 160 valence electrons. The molecule has 1 aliphatic heterocycles. The summed E-state index contributed by atoms with van der Waals surface area (Å²) in [6.45, 7) is 7.53. The first-order chi connectivity index (χ1) is 14.5. The van der Waals surface area contributed by atoms with Gasteiger partial charge in [0.2, 0.25) is 0 Å². The predicted octanol–water partition coefficient (Wildman–Crippen LogP) is 1.80. The maximum absolute atomic E-state index is 12.2. The van der Waals surface area contributed by atoms with E-state index in [-0.39, 0.29) is 18.8 Å². The van der Waals surface area contributed by atoms with Gasteiger partial charge in [-0.2, -0.15) is 0 Å². The number of carbonyl (C=O) groups is 2. The number of esters is 2. The highest BCUT2D eigenvalue weighted by molar-refractivity contribution is 6.14. The van der Waals surface area contributed by atoms with Crippen molar-refractivity contribution in [2.24, 2.45) is 0 Å². The number of fused-ring (bicyclic) bond motifs is 1. The van der Waals surface area contributed by atoms with Crippen molar-refractivity contribution in [2.45, 2.75) is 13.8 Å². The third kappa shape index (κ3) is 5.04. The lowest BCUT2D eigenvalue weighted by molar-refractivity contribution is -0.146. The molecule has 1 aromatic heterocycles. The van der Waals surface area contributed by atoms with Gasteiger partial charge in [-0.25, -0.2) is 19.6 Å². The van der Waals surface area contributed by atoms with E-state index in [1.807, 2.05) is 18.2 Å². The first kappa shape index (κ1) is 21.5. The number of rotatable bonds is 7. The molecule has 2 heterocycles. The number of hydrogen-bond donors (Lipinski definition) is 1. The van der Waals surface area contributed by atoms with Crippen molar-refractivity contribution in [3.05, 3.63) is 36.3 Å². The summed E-state index contributed by atoms with van der Waals surface area (Å²) in [4.78, 5) is 37.5. The van der Waals surface area contributed by atoms with Gasteiger partial charge < -0.3 is 24.6 Å². The Labute approximate surface area is 175 Å². The van der Waals surface area contributed by atoms with Crippen LogP contribution in [0.4, 0.5) is 11.5 Å². The molecule has 1 aromatic carbocycles. The Hall–Kier alpha value is -3.20. The average Bonchev–Trinajstić information content (AvgIpc) is 2.74. The molecule has 0 saturated carbocycles. The lowest BCUT2D eigenvalue weighted by Crippen LogP contribution is -2.44. The Bertz CT molecular complexity index is 918. The lowest BCUT2D eigenvalue weighted by atomic mass is 10.1. The minimum absolute atomic E-state index is 0.153. The number of carbonyl (C=O) groups excluding carboxylic acids is 2. The van der Waals surface area contributed by atoms with Crippen LogP contribution >= 0.6 is 0 Å². The molecule has 0 bridgehead atoms. The fourth-order valence-corrected chi connectivity index (χ4v) is 3.18. The molecular formula is C21H27N5O4. The standard InChI is InChI=1S/C21H27N5O4/c1-4-29-20(27)17(21(28)30-5-2)13-22-19-16-12-15(6-7-18(16)23-14-24-19)26-10-8-25(3)9-11-26/h6-7,12-14H,4-5,8-11H2,1-3H3,(H,22,23,24). The molecule has 1 saturated heterocycles. The number of hydrogen-bond acceptors (Lipinski definition) is 9. The smallest absolute Gasteiger partial charge is 0.347 e. The molecule has 0 amide bonds. The number of piperazine rings is 1. The Morgan fingerprint density at radius 2 is 1.73 bits per heavy atom. The molecule has 2 aromatic rings. The van der Waals surface area contributed by atoms with Crippen LogP contribution in [0.2, 0.25) is 0 Å². The number of ether oxygens (including phenoxy) is 2. The van der Waals surface area contributed by atoms with E-state index in [9.17, 15) is 9.59 Å². The normalized spacial score (nSPS) is 14.3. The second-order valence-corrected chi connectivity index (χ2v) is 6.86. The van der Waals surface area contributed by atoms with E-state index >= 15 is 0 Å². The first-order valence-corrected chi connectivity index (χ1v) is 10.0. The highest BCUT2D eigenvalue weighted by atomic mass is 16.6. The van der Waals surface area contributed by atoms with Crippen molar-refractivity contribution in [3.63, 3.8) is 0 Å². The maximum atomic E-state index is 12.2. The van der Waals surface area contributed by atoms with Gasteiger partial charge in [-0.1, -0.05) is 0 Å². The van der Waals surface area contributed by atoms with Crippen LogP contribution in [0.3, 0.4) is 0 Å². The Kier molecular flexibility index (Phi) is 7.18. The van der Waals surface area contributed by atoms with E-state index < -0.39 is 11.9 Å². The van der Waals surface area contributed by atoms with E-state index in [2.05, 4.69) is 32.1 Å². The average molecular weight is 413 g/mol. The van der Waals surface area contributed by atoms with Gasteiger partial charge in [-0.3, -0.25) is 0 Å². The highest BCUT2D eigenvalue weighted by Crippen LogP contribution is 2.26. The fraction of sp³-hybridized carbons (Fsp3) is 0.429. The number of nitrogens with zero attached hydrogens (tertiary/aromatic N) is 4. The quantitative estimate of drug-likeness (QED) is 0.315. The number of aromatic nitrogens is 2. The van der Waals surface area contributed by atoms with Crippen molar-refractivity contribution in [1.29, 1.82) is 0 Å². The summed E-state index contributed by atoms with van der Waals surface area (Å²) in [5, 5.41) is 3.75. The first-order valence-electron chi connectivity index (χ1n) is 10.0. The second-order valence-electron chi connectivity index (χ2n) is 6.86. The van der Waals surface area contributed by atoms with Gasteiger partial charge in [-0.15, -0.1) is 0 Å². The summed E-state index contributed by atoms with van der Waals surface area (Å²) in [6.07, 6.45) is 2.71. The zero-order valence-corrected chi connectivity index (χ0v) is 17.6. The van der Waals surface area contributed by atoms with E-state index in [0.717, 1.165) is 42.8 Å². The van der Waals surface area contributed by atoms with Crippen LogP contribution in [0.25, 0.3) is 10.9 Å². The minimum Gasteiger partial charge on any atom is -0.462 e. The molecule has 0 atom stereocenters. The summed E-state index contributed by atoms with van der Waals surface area (Å²) in [5.74, 6) is -1.01. The van der Waals surface area contributed by atoms with Gasteiger partial charge in [-0.05, 0) is 39.1 Å². The largest absolute Gasteiger partial charge is 0.462 e. The van der Waals surface area contributed by atoms with Crippen LogP contribution in [-0.4, -0.2) is 73.2 Å². The van der Waals surface area contributed by atoms with E-state index in [4.69, 9.17) is 9.47 Å². The van der Waals surface area contributed by atoms with Crippen LogP contribution < -0.4 is 10.2 Å². The van der Waals surface area contributed by atoms with Gasteiger partial charge in [0, 0.05) is 43.5 Å². The summed E-state index contributed by atoms with van der Waals surface area (Å²) in [6, 6.07) is 6.01. The van der Waals surface area contributed by atoms with Crippen molar-refractivity contribution in [2.75, 3.05) is 56.7 Å². The highest BCUT2D eigenvalue weighted by Gasteiger charge is 2.21. The van der Waals surface area contributed by atoms with Crippen LogP contribution in [0.5, 0.6) is 0 Å². The van der Waals surface area contributed by atoms with Gasteiger partial charge in [0.05, 0.1) is 18.7 Å². The zero-order chi connectivity index (χ0) is 21.5. The predicted molar refractivity (Wildman–Crippen MR) is 114 cm³/mol. The third-order valence-corrected chi connectivity index (χ3v) is 4.83. The Morgan fingerprint density at radius 3 is 2.37 bits per heavy atom. The van der Waals surface area contributed by atoms with Gasteiger partial charge >= 0.3 is 11.9 Å². The molecule has 1 aliphatic rings. The molecule has 1 N–H and O–H groups in total. The number of nitrogens with one attached hydrogen (secondary N) is 1. The third-order valence-electron chi connectivity index (χ3n) is 4.83.